The van der Waals surface area contributed by atoms with E-state index in [0.29, 0.717) is 0 Å². The average Bonchev–Trinajstić information content (AvgIpc) is 2.61. The number of benzene rings is 1. The van der Waals surface area contributed by atoms with Crippen molar-refractivity contribution in [1.29, 1.82) is 0 Å². The number of rotatable bonds is 13. The molecule has 6 heteroatoms. The van der Waals surface area contributed by atoms with Crippen LogP contribution in [0.5, 0.6) is 0 Å². The highest BCUT2D eigenvalue weighted by molar-refractivity contribution is 6.60. The number of nitrogens with one attached hydrogen (secondary N) is 2. The third-order valence-electron chi connectivity index (χ3n) is 3.62. The molecule has 0 saturated heterocycles. The zero-order valence-corrected chi connectivity index (χ0v) is 15.5. The molecule has 0 aliphatic rings. The second-order valence-corrected chi connectivity index (χ2v) is 8.26. The van der Waals surface area contributed by atoms with Gasteiger partial charge < -0.3 is 23.9 Å². The first-order valence-electron chi connectivity index (χ1n) is 8.05. The topological polar surface area (TPSA) is 51.8 Å². The fourth-order valence-corrected chi connectivity index (χ4v) is 3.95. The highest BCUT2D eigenvalue weighted by atomic mass is 28.4. The van der Waals surface area contributed by atoms with Crippen LogP contribution in [0.3, 0.4) is 0 Å². The van der Waals surface area contributed by atoms with E-state index in [0.717, 1.165) is 38.6 Å². The first kappa shape index (κ1) is 20.0. The van der Waals surface area contributed by atoms with E-state index in [4.69, 9.17) is 13.3 Å². The maximum absolute atomic E-state index is 5.39. The van der Waals surface area contributed by atoms with E-state index < -0.39 is 8.80 Å². The van der Waals surface area contributed by atoms with Gasteiger partial charge in [0.2, 0.25) is 0 Å². The molecule has 5 nitrogen and oxygen atoms in total. The molecule has 0 fully saturated rings. The molecule has 0 aromatic heterocycles. The molecule has 1 aromatic rings. The Morgan fingerprint density at radius 1 is 0.913 bits per heavy atom. The molecular formula is C17H30N2O3Si. The maximum atomic E-state index is 5.39. The molecule has 0 saturated carbocycles. The van der Waals surface area contributed by atoms with E-state index in [2.05, 4.69) is 34.9 Å². The summed E-state index contributed by atoms with van der Waals surface area (Å²) in [7, 11) is 2.56. The number of hydrogen-bond donors (Lipinski definition) is 2. The third-order valence-corrected chi connectivity index (χ3v) is 6.45. The van der Waals surface area contributed by atoms with Crippen molar-refractivity contribution in [2.75, 3.05) is 47.5 Å². The first-order valence-corrected chi connectivity index (χ1v) is 9.98. The molecule has 0 bridgehead atoms. The molecule has 0 aliphatic heterocycles. The molecular weight excluding hydrogens is 308 g/mol. The van der Waals surface area contributed by atoms with Crippen molar-refractivity contribution in [2.45, 2.75) is 12.5 Å². The second kappa shape index (κ2) is 12.4. The lowest BCUT2D eigenvalue weighted by Crippen LogP contribution is -2.43. The minimum absolute atomic E-state index is 0.830. The molecule has 2 N–H and O–H groups in total. The van der Waals surface area contributed by atoms with Crippen molar-refractivity contribution < 1.29 is 13.3 Å². The van der Waals surface area contributed by atoms with E-state index in [1.807, 2.05) is 18.2 Å². The molecule has 0 spiro atoms. The molecule has 0 aliphatic carbocycles. The summed E-state index contributed by atoms with van der Waals surface area (Å²) in [6.45, 7) is 3.71. The van der Waals surface area contributed by atoms with Crippen LogP contribution in [-0.2, 0) is 13.3 Å². The Hall–Kier alpha value is -1.02. The van der Waals surface area contributed by atoms with Crippen LogP contribution >= 0.6 is 0 Å². The van der Waals surface area contributed by atoms with E-state index in [9.17, 15) is 0 Å². The number of hydrogen-bond acceptors (Lipinski definition) is 5. The summed E-state index contributed by atoms with van der Waals surface area (Å²) in [6.07, 6.45) is 5.26. The molecule has 1 rings (SSSR count). The lowest BCUT2D eigenvalue weighted by molar-refractivity contribution is 0.123. The minimum Gasteiger partial charge on any atom is -0.377 e. The zero-order chi connectivity index (χ0) is 16.8. The SMILES string of the molecule is CO[Si](CCCNCCNC/C=C\c1ccccc1)(OC)OC. The van der Waals surface area contributed by atoms with Gasteiger partial charge >= 0.3 is 8.80 Å². The van der Waals surface area contributed by atoms with Gasteiger partial charge in [-0.1, -0.05) is 42.5 Å². The van der Waals surface area contributed by atoms with Gasteiger partial charge in [0.15, 0.2) is 0 Å². The normalized spacial score (nSPS) is 12.1. The summed E-state index contributed by atoms with van der Waals surface area (Å²) in [5.41, 5.74) is 1.23. The van der Waals surface area contributed by atoms with Gasteiger partial charge in [-0.15, -0.1) is 0 Å². The predicted octanol–water partition coefficient (Wildman–Crippen LogP) is 2.15. The van der Waals surface area contributed by atoms with Gasteiger partial charge in [-0.3, -0.25) is 0 Å². The monoisotopic (exact) mass is 338 g/mol. The fraction of sp³-hybridized carbons (Fsp3) is 0.529. The molecule has 0 amide bonds. The quantitative estimate of drug-likeness (QED) is 0.426. The van der Waals surface area contributed by atoms with E-state index in [-0.39, 0.29) is 0 Å². The van der Waals surface area contributed by atoms with E-state index >= 15 is 0 Å². The van der Waals surface area contributed by atoms with Crippen molar-refractivity contribution in [3.05, 3.63) is 42.0 Å². The summed E-state index contributed by atoms with van der Waals surface area (Å²) < 4.78 is 16.2. The Labute approximate surface area is 141 Å². The van der Waals surface area contributed by atoms with Crippen LogP contribution in [0.15, 0.2) is 36.4 Å². The second-order valence-electron chi connectivity index (χ2n) is 5.17. The smallest absolute Gasteiger partial charge is 0.377 e. The van der Waals surface area contributed by atoms with Crippen LogP contribution in [0.2, 0.25) is 6.04 Å². The Kier molecular flexibility index (Phi) is 10.8. The van der Waals surface area contributed by atoms with Gasteiger partial charge in [0.1, 0.15) is 0 Å². The van der Waals surface area contributed by atoms with Crippen molar-refractivity contribution >= 4 is 14.9 Å². The van der Waals surface area contributed by atoms with Crippen LogP contribution in [0.4, 0.5) is 0 Å². The maximum Gasteiger partial charge on any atom is 0.500 e. The minimum atomic E-state index is -2.40. The Balaban J connectivity index is 1.98. The molecule has 130 valence electrons. The first-order chi connectivity index (χ1) is 11.3. The Morgan fingerprint density at radius 2 is 1.57 bits per heavy atom. The van der Waals surface area contributed by atoms with Crippen LogP contribution in [0.1, 0.15) is 12.0 Å². The Morgan fingerprint density at radius 3 is 2.22 bits per heavy atom. The van der Waals surface area contributed by atoms with Crippen molar-refractivity contribution in [1.82, 2.24) is 10.6 Å². The van der Waals surface area contributed by atoms with Gasteiger partial charge in [0.25, 0.3) is 0 Å². The largest absolute Gasteiger partial charge is 0.500 e. The third kappa shape index (κ3) is 8.41. The summed E-state index contributed by atoms with van der Waals surface area (Å²) in [6, 6.07) is 11.1. The molecule has 1 aromatic carbocycles. The van der Waals surface area contributed by atoms with Gasteiger partial charge in [-0.2, -0.15) is 0 Å². The molecule has 23 heavy (non-hydrogen) atoms. The predicted molar refractivity (Wildman–Crippen MR) is 97.4 cm³/mol. The highest BCUT2D eigenvalue weighted by Gasteiger charge is 2.36. The van der Waals surface area contributed by atoms with Crippen LogP contribution in [-0.4, -0.2) is 56.3 Å². The zero-order valence-electron chi connectivity index (χ0n) is 14.5. The van der Waals surface area contributed by atoms with Crippen molar-refractivity contribution in [3.8, 4) is 0 Å². The molecule has 0 heterocycles. The lowest BCUT2D eigenvalue weighted by Gasteiger charge is -2.24. The van der Waals surface area contributed by atoms with Crippen LogP contribution < -0.4 is 10.6 Å². The highest BCUT2D eigenvalue weighted by Crippen LogP contribution is 2.14. The van der Waals surface area contributed by atoms with E-state index in [1.54, 1.807) is 21.3 Å². The molecule has 0 radical (unpaired) electrons. The van der Waals surface area contributed by atoms with E-state index in [1.165, 1.54) is 5.56 Å². The van der Waals surface area contributed by atoms with Crippen molar-refractivity contribution in [2.24, 2.45) is 0 Å². The van der Waals surface area contributed by atoms with Gasteiger partial charge in [0, 0.05) is 47.0 Å². The van der Waals surface area contributed by atoms with Crippen molar-refractivity contribution in [3.63, 3.8) is 0 Å². The van der Waals surface area contributed by atoms with Gasteiger partial charge in [0.05, 0.1) is 0 Å². The molecule has 0 unspecified atom stereocenters. The summed E-state index contributed by atoms with van der Waals surface area (Å²) in [4.78, 5) is 0. The van der Waals surface area contributed by atoms with Crippen LogP contribution in [0, 0.1) is 0 Å². The summed E-state index contributed by atoms with van der Waals surface area (Å²) in [5, 5.41) is 6.79. The Bertz CT molecular complexity index is 417. The average molecular weight is 339 g/mol. The standard InChI is InChI=1S/C17H30N2O3Si/c1-20-23(21-2,22-3)16-8-13-19-15-14-18-12-7-11-17-9-5-4-6-10-17/h4-7,9-11,18-19H,8,12-16H2,1-3H3/b11-7-. The van der Waals surface area contributed by atoms with Crippen LogP contribution in [0.25, 0.3) is 6.08 Å². The van der Waals surface area contributed by atoms with Gasteiger partial charge in [-0.05, 0) is 18.5 Å². The summed E-state index contributed by atoms with van der Waals surface area (Å²) >= 11 is 0. The lowest BCUT2D eigenvalue weighted by atomic mass is 10.2. The summed E-state index contributed by atoms with van der Waals surface area (Å²) in [5.74, 6) is 0. The molecule has 0 atom stereocenters. The fourth-order valence-electron chi connectivity index (χ4n) is 2.23. The van der Waals surface area contributed by atoms with Gasteiger partial charge in [-0.25, -0.2) is 0 Å².